The lowest BCUT2D eigenvalue weighted by atomic mass is 9.87. The Morgan fingerprint density at radius 1 is 1.16 bits per heavy atom. The van der Waals surface area contributed by atoms with Gasteiger partial charge in [-0.05, 0) is 74.9 Å². The minimum Gasteiger partial charge on any atom is -0.444 e. The molecule has 0 aliphatic carbocycles. The minimum atomic E-state index is -0.486. The van der Waals surface area contributed by atoms with E-state index in [1.54, 1.807) is 0 Å². The SMILES string of the molecule is CC(C)(C)OC(=O)N1CCC2C(C1)c1cc(-c3cccc(Cl)c3Cl)cc3c1N2CCC3. The lowest BCUT2D eigenvalue weighted by molar-refractivity contribution is 0.0189. The molecule has 1 amide bonds. The molecule has 3 heterocycles. The van der Waals surface area contributed by atoms with Crippen molar-refractivity contribution in [1.82, 2.24) is 4.90 Å². The molecule has 3 aliphatic rings. The van der Waals surface area contributed by atoms with Crippen molar-refractivity contribution in [1.29, 1.82) is 0 Å². The average molecular weight is 459 g/mol. The number of ether oxygens (including phenoxy) is 1. The average Bonchev–Trinajstić information content (AvgIpc) is 3.04. The zero-order valence-electron chi connectivity index (χ0n) is 18.3. The van der Waals surface area contributed by atoms with Crippen LogP contribution in [0.1, 0.15) is 50.7 Å². The van der Waals surface area contributed by atoms with Crippen LogP contribution in [0.4, 0.5) is 10.5 Å². The number of carbonyl (C=O) groups excluding carboxylic acids is 1. The van der Waals surface area contributed by atoms with Gasteiger partial charge < -0.3 is 14.5 Å². The summed E-state index contributed by atoms with van der Waals surface area (Å²) >= 11 is 12.9. The first kappa shape index (κ1) is 21.0. The first-order chi connectivity index (χ1) is 14.7. The Kier molecular flexibility index (Phi) is 5.14. The Hall–Kier alpha value is -1.91. The van der Waals surface area contributed by atoms with Crippen LogP contribution in [0, 0.1) is 0 Å². The zero-order chi connectivity index (χ0) is 21.9. The third kappa shape index (κ3) is 3.68. The summed E-state index contributed by atoms with van der Waals surface area (Å²) in [6.45, 7) is 8.27. The van der Waals surface area contributed by atoms with Gasteiger partial charge in [-0.2, -0.15) is 0 Å². The van der Waals surface area contributed by atoms with Gasteiger partial charge in [-0.3, -0.25) is 0 Å². The molecule has 0 radical (unpaired) electrons. The zero-order valence-corrected chi connectivity index (χ0v) is 19.8. The monoisotopic (exact) mass is 458 g/mol. The number of likely N-dealkylation sites (tertiary alicyclic amines) is 1. The van der Waals surface area contributed by atoms with Crippen molar-refractivity contribution in [2.24, 2.45) is 0 Å². The van der Waals surface area contributed by atoms with E-state index in [1.165, 1.54) is 16.8 Å². The Morgan fingerprint density at radius 2 is 1.97 bits per heavy atom. The van der Waals surface area contributed by atoms with E-state index in [2.05, 4.69) is 17.0 Å². The summed E-state index contributed by atoms with van der Waals surface area (Å²) in [6, 6.07) is 10.8. The molecule has 0 N–H and O–H groups in total. The molecule has 6 heteroatoms. The molecular weight excluding hydrogens is 431 g/mol. The number of anilines is 1. The van der Waals surface area contributed by atoms with Crippen LogP contribution >= 0.6 is 23.2 Å². The number of halogens is 2. The molecule has 2 aromatic rings. The highest BCUT2D eigenvalue weighted by Gasteiger charge is 2.45. The third-order valence-electron chi connectivity index (χ3n) is 6.64. The predicted molar refractivity (Wildman–Crippen MR) is 127 cm³/mol. The van der Waals surface area contributed by atoms with Gasteiger partial charge >= 0.3 is 6.09 Å². The van der Waals surface area contributed by atoms with Gasteiger partial charge in [-0.25, -0.2) is 4.79 Å². The van der Waals surface area contributed by atoms with Gasteiger partial charge in [0.2, 0.25) is 0 Å². The summed E-state index contributed by atoms with van der Waals surface area (Å²) < 4.78 is 5.67. The highest BCUT2D eigenvalue weighted by Crippen LogP contribution is 2.50. The van der Waals surface area contributed by atoms with Crippen molar-refractivity contribution < 1.29 is 9.53 Å². The Bertz CT molecular complexity index is 1050. The van der Waals surface area contributed by atoms with Crippen molar-refractivity contribution in [3.05, 3.63) is 51.5 Å². The summed E-state index contributed by atoms with van der Waals surface area (Å²) in [5.74, 6) is 0.283. The van der Waals surface area contributed by atoms with Gasteiger partial charge in [0.05, 0.1) is 10.0 Å². The highest BCUT2D eigenvalue weighted by atomic mass is 35.5. The second kappa shape index (κ2) is 7.60. The number of benzene rings is 2. The van der Waals surface area contributed by atoms with Crippen molar-refractivity contribution in [2.75, 3.05) is 24.5 Å². The number of nitrogens with zero attached hydrogens (tertiary/aromatic N) is 2. The molecule has 2 atom stereocenters. The summed E-state index contributed by atoms with van der Waals surface area (Å²) in [4.78, 5) is 17.3. The Labute approximate surface area is 194 Å². The number of piperidine rings is 1. The minimum absolute atomic E-state index is 0.213. The molecule has 0 bridgehead atoms. The molecule has 2 unspecified atom stereocenters. The number of carbonyl (C=O) groups is 1. The largest absolute Gasteiger partial charge is 0.444 e. The van der Waals surface area contributed by atoms with Gasteiger partial charge in [0, 0.05) is 42.8 Å². The van der Waals surface area contributed by atoms with Crippen LogP contribution < -0.4 is 4.90 Å². The predicted octanol–water partition coefficient (Wildman–Crippen LogP) is 6.52. The van der Waals surface area contributed by atoms with Crippen LogP contribution in [0.15, 0.2) is 30.3 Å². The summed E-state index contributed by atoms with van der Waals surface area (Å²) in [6.07, 6.45) is 2.97. The van der Waals surface area contributed by atoms with E-state index in [9.17, 15) is 4.79 Å². The number of fused-ring (bicyclic) bond motifs is 3. The van der Waals surface area contributed by atoms with E-state index in [4.69, 9.17) is 27.9 Å². The van der Waals surface area contributed by atoms with E-state index in [-0.39, 0.29) is 12.0 Å². The van der Waals surface area contributed by atoms with E-state index in [0.717, 1.165) is 43.5 Å². The second-order valence-electron chi connectivity index (χ2n) is 9.86. The number of hydrogen-bond donors (Lipinski definition) is 0. The Morgan fingerprint density at radius 3 is 2.74 bits per heavy atom. The van der Waals surface area contributed by atoms with E-state index in [1.807, 2.05) is 43.9 Å². The molecule has 164 valence electrons. The van der Waals surface area contributed by atoms with E-state index < -0.39 is 5.60 Å². The fourth-order valence-electron chi connectivity index (χ4n) is 5.42. The molecule has 3 aliphatic heterocycles. The molecule has 4 nitrogen and oxygen atoms in total. The maximum absolute atomic E-state index is 12.8. The van der Waals surface area contributed by atoms with Crippen LogP contribution in [0.3, 0.4) is 0 Å². The standard InChI is InChI=1S/C25H28Cl2N2O2/c1-25(2,3)31-24(30)28-11-9-21-19(14-28)18-13-16(17-7-4-8-20(26)22(17)27)12-15-6-5-10-29(21)23(15)18/h4,7-8,12-13,19,21H,5-6,9-11,14H2,1-3H3. The molecule has 1 saturated heterocycles. The molecule has 0 spiro atoms. The molecule has 0 aromatic heterocycles. The summed E-state index contributed by atoms with van der Waals surface area (Å²) in [5, 5.41) is 1.17. The number of amides is 1. The van der Waals surface area contributed by atoms with Crippen molar-refractivity contribution >= 4 is 35.0 Å². The van der Waals surface area contributed by atoms with Gasteiger partial charge in [-0.1, -0.05) is 35.3 Å². The van der Waals surface area contributed by atoms with Crippen molar-refractivity contribution in [3.63, 3.8) is 0 Å². The normalized spacial score (nSPS) is 22.2. The summed E-state index contributed by atoms with van der Waals surface area (Å²) in [5.41, 5.74) is 5.69. The molecule has 31 heavy (non-hydrogen) atoms. The van der Waals surface area contributed by atoms with Crippen molar-refractivity contribution in [2.45, 2.75) is 57.6 Å². The molecular formula is C25H28Cl2N2O2. The third-order valence-corrected chi connectivity index (χ3v) is 7.46. The van der Waals surface area contributed by atoms with Gasteiger partial charge in [0.15, 0.2) is 0 Å². The van der Waals surface area contributed by atoms with Crippen LogP contribution in [0.25, 0.3) is 11.1 Å². The molecule has 5 rings (SSSR count). The molecule has 0 saturated carbocycles. The van der Waals surface area contributed by atoms with Crippen LogP contribution in [-0.2, 0) is 11.2 Å². The van der Waals surface area contributed by atoms with Crippen molar-refractivity contribution in [3.8, 4) is 11.1 Å². The van der Waals surface area contributed by atoms with Crippen LogP contribution in [0.5, 0.6) is 0 Å². The van der Waals surface area contributed by atoms with E-state index in [0.29, 0.717) is 22.6 Å². The van der Waals surface area contributed by atoms with Gasteiger partial charge in [0.25, 0.3) is 0 Å². The number of aryl methyl sites for hydroxylation is 1. The maximum Gasteiger partial charge on any atom is 0.410 e. The van der Waals surface area contributed by atoms with Gasteiger partial charge in [-0.15, -0.1) is 0 Å². The van der Waals surface area contributed by atoms with Crippen LogP contribution in [-0.4, -0.2) is 42.3 Å². The second-order valence-corrected chi connectivity index (χ2v) is 10.6. The highest BCUT2D eigenvalue weighted by molar-refractivity contribution is 6.43. The molecule has 1 fully saturated rings. The fraction of sp³-hybridized carbons (Fsp3) is 0.480. The molecule has 2 aromatic carbocycles. The quantitative estimate of drug-likeness (QED) is 0.487. The smallest absolute Gasteiger partial charge is 0.410 e. The fourth-order valence-corrected chi connectivity index (χ4v) is 5.83. The summed E-state index contributed by atoms with van der Waals surface area (Å²) in [7, 11) is 0. The van der Waals surface area contributed by atoms with E-state index >= 15 is 0 Å². The lowest BCUT2D eigenvalue weighted by Crippen LogP contribution is -2.49. The van der Waals surface area contributed by atoms with Gasteiger partial charge in [0.1, 0.15) is 5.60 Å². The number of hydrogen-bond acceptors (Lipinski definition) is 3. The lowest BCUT2D eigenvalue weighted by Gasteiger charge is -2.40. The number of rotatable bonds is 1. The maximum atomic E-state index is 12.8. The van der Waals surface area contributed by atoms with Crippen LogP contribution in [0.2, 0.25) is 10.0 Å². The first-order valence-electron chi connectivity index (χ1n) is 11.1. The first-order valence-corrected chi connectivity index (χ1v) is 11.8. The topological polar surface area (TPSA) is 32.8 Å². The Balaban J connectivity index is 1.54.